The van der Waals surface area contributed by atoms with Crippen LogP contribution >= 0.6 is 11.6 Å². The molecule has 1 aliphatic carbocycles. The van der Waals surface area contributed by atoms with Gasteiger partial charge in [-0.15, -0.1) is 0 Å². The van der Waals surface area contributed by atoms with Crippen molar-refractivity contribution >= 4 is 27.5 Å². The van der Waals surface area contributed by atoms with Crippen LogP contribution in [-0.4, -0.2) is 32.2 Å². The summed E-state index contributed by atoms with van der Waals surface area (Å²) in [6.45, 7) is 3.57. The Balaban J connectivity index is 1.70. The number of amides is 1. The molecule has 1 atom stereocenters. The molecule has 0 saturated heterocycles. The first kappa shape index (κ1) is 20.8. The summed E-state index contributed by atoms with van der Waals surface area (Å²) in [5.41, 5.74) is 2.91. The molecule has 1 fully saturated rings. The van der Waals surface area contributed by atoms with Gasteiger partial charge in [-0.05, 0) is 73.6 Å². The number of sulfonamides is 1. The molecule has 1 saturated carbocycles. The molecule has 2 aromatic carbocycles. The molecule has 28 heavy (non-hydrogen) atoms. The van der Waals surface area contributed by atoms with Crippen molar-refractivity contribution < 1.29 is 13.2 Å². The Bertz CT molecular complexity index is 970. The van der Waals surface area contributed by atoms with Gasteiger partial charge >= 0.3 is 0 Å². The van der Waals surface area contributed by atoms with Crippen LogP contribution in [0.3, 0.4) is 0 Å². The van der Waals surface area contributed by atoms with Gasteiger partial charge < -0.3 is 5.32 Å². The van der Waals surface area contributed by atoms with Gasteiger partial charge in [0.15, 0.2) is 0 Å². The van der Waals surface area contributed by atoms with E-state index in [1.54, 1.807) is 30.3 Å². The third-order valence-corrected chi connectivity index (χ3v) is 7.24. The zero-order valence-electron chi connectivity index (χ0n) is 16.3. The third kappa shape index (κ3) is 4.74. The Hall–Kier alpha value is -1.89. The van der Waals surface area contributed by atoms with E-state index in [9.17, 15) is 13.2 Å². The van der Waals surface area contributed by atoms with Crippen LogP contribution in [0.5, 0.6) is 0 Å². The predicted octanol–water partition coefficient (Wildman–Crippen LogP) is 3.84. The standard InChI is InChI=1S/C21H25ClN2O3S/c1-14-4-11-19(12-15(14)2)28(26,27)24(3)13-20(25)23-21(16-5-6-16)17-7-9-18(22)10-8-17/h4,7-12,16,21H,5-6,13H2,1-3H3,(H,23,25). The molecule has 0 bridgehead atoms. The van der Waals surface area contributed by atoms with Gasteiger partial charge in [0.1, 0.15) is 0 Å². The van der Waals surface area contributed by atoms with E-state index in [4.69, 9.17) is 11.6 Å². The minimum atomic E-state index is -3.73. The highest BCUT2D eigenvalue weighted by molar-refractivity contribution is 7.89. The van der Waals surface area contributed by atoms with E-state index in [0.29, 0.717) is 10.9 Å². The summed E-state index contributed by atoms with van der Waals surface area (Å²) in [4.78, 5) is 12.8. The zero-order valence-corrected chi connectivity index (χ0v) is 17.8. The summed E-state index contributed by atoms with van der Waals surface area (Å²) in [5, 5.41) is 3.64. The number of likely N-dealkylation sites (N-methyl/N-ethyl adjacent to an activating group) is 1. The maximum absolute atomic E-state index is 12.8. The summed E-state index contributed by atoms with van der Waals surface area (Å²) in [6.07, 6.45) is 2.09. The second-order valence-corrected chi connectivity index (χ2v) is 9.92. The average molecular weight is 421 g/mol. The molecular formula is C21H25ClN2O3S. The van der Waals surface area contributed by atoms with Gasteiger partial charge in [0.2, 0.25) is 15.9 Å². The first-order valence-corrected chi connectivity index (χ1v) is 11.1. The maximum Gasteiger partial charge on any atom is 0.243 e. The van der Waals surface area contributed by atoms with E-state index < -0.39 is 10.0 Å². The van der Waals surface area contributed by atoms with Crippen LogP contribution in [0.4, 0.5) is 0 Å². The second-order valence-electron chi connectivity index (χ2n) is 7.44. The van der Waals surface area contributed by atoms with Crippen molar-refractivity contribution in [3.8, 4) is 0 Å². The molecule has 150 valence electrons. The lowest BCUT2D eigenvalue weighted by atomic mass is 10.0. The fraction of sp³-hybridized carbons (Fsp3) is 0.381. The minimum Gasteiger partial charge on any atom is -0.348 e. The van der Waals surface area contributed by atoms with Crippen molar-refractivity contribution in [2.45, 2.75) is 37.6 Å². The van der Waals surface area contributed by atoms with E-state index in [1.807, 2.05) is 26.0 Å². The molecule has 5 nitrogen and oxygen atoms in total. The van der Waals surface area contributed by atoms with Crippen molar-refractivity contribution in [1.82, 2.24) is 9.62 Å². The van der Waals surface area contributed by atoms with E-state index in [-0.39, 0.29) is 23.4 Å². The monoisotopic (exact) mass is 420 g/mol. The molecule has 3 rings (SSSR count). The van der Waals surface area contributed by atoms with Gasteiger partial charge in [0, 0.05) is 12.1 Å². The number of hydrogen-bond donors (Lipinski definition) is 1. The van der Waals surface area contributed by atoms with Crippen molar-refractivity contribution in [1.29, 1.82) is 0 Å². The fourth-order valence-corrected chi connectivity index (χ4v) is 4.47. The summed E-state index contributed by atoms with van der Waals surface area (Å²) in [6, 6.07) is 12.3. The lowest BCUT2D eigenvalue weighted by molar-refractivity contribution is -0.122. The van der Waals surface area contributed by atoms with Crippen molar-refractivity contribution in [2.75, 3.05) is 13.6 Å². The summed E-state index contributed by atoms with van der Waals surface area (Å²) in [7, 11) is -2.30. The maximum atomic E-state index is 12.8. The number of benzene rings is 2. The second kappa shape index (κ2) is 8.23. The van der Waals surface area contributed by atoms with Gasteiger partial charge in [0.05, 0.1) is 17.5 Å². The highest BCUT2D eigenvalue weighted by Gasteiger charge is 2.34. The highest BCUT2D eigenvalue weighted by Crippen LogP contribution is 2.41. The Morgan fingerprint density at radius 2 is 1.79 bits per heavy atom. The minimum absolute atomic E-state index is 0.123. The summed E-state index contributed by atoms with van der Waals surface area (Å²) >= 11 is 5.95. The molecule has 1 amide bonds. The van der Waals surface area contributed by atoms with Crippen LogP contribution in [0.1, 0.15) is 35.6 Å². The topological polar surface area (TPSA) is 66.5 Å². The van der Waals surface area contributed by atoms with Gasteiger partial charge in [-0.1, -0.05) is 29.8 Å². The van der Waals surface area contributed by atoms with Gasteiger partial charge in [0.25, 0.3) is 0 Å². The number of halogens is 1. The lowest BCUT2D eigenvalue weighted by Gasteiger charge is -2.22. The molecule has 0 aliphatic heterocycles. The largest absolute Gasteiger partial charge is 0.348 e. The molecule has 1 unspecified atom stereocenters. The lowest BCUT2D eigenvalue weighted by Crippen LogP contribution is -2.40. The Morgan fingerprint density at radius 3 is 2.36 bits per heavy atom. The number of hydrogen-bond acceptors (Lipinski definition) is 3. The molecule has 2 aromatic rings. The van der Waals surface area contributed by atoms with Crippen molar-refractivity contribution in [3.05, 3.63) is 64.2 Å². The van der Waals surface area contributed by atoms with Crippen LogP contribution in [0.2, 0.25) is 5.02 Å². The average Bonchev–Trinajstić information content (AvgIpc) is 3.47. The van der Waals surface area contributed by atoms with Crippen LogP contribution in [-0.2, 0) is 14.8 Å². The van der Waals surface area contributed by atoms with Crippen molar-refractivity contribution in [3.63, 3.8) is 0 Å². The predicted molar refractivity (Wildman–Crippen MR) is 111 cm³/mol. The number of carbonyl (C=O) groups is 1. The highest BCUT2D eigenvalue weighted by atomic mass is 35.5. The summed E-state index contributed by atoms with van der Waals surface area (Å²) in [5.74, 6) is 0.0635. The number of nitrogens with zero attached hydrogens (tertiary/aromatic N) is 1. The number of rotatable bonds is 7. The Kier molecular flexibility index (Phi) is 6.12. The fourth-order valence-electron chi connectivity index (χ4n) is 3.13. The molecule has 7 heteroatoms. The van der Waals surface area contributed by atoms with E-state index in [2.05, 4.69) is 5.32 Å². The van der Waals surface area contributed by atoms with E-state index in [1.165, 1.54) is 7.05 Å². The Morgan fingerprint density at radius 1 is 1.14 bits per heavy atom. The molecule has 0 aromatic heterocycles. The van der Waals surface area contributed by atoms with E-state index >= 15 is 0 Å². The first-order chi connectivity index (χ1) is 13.2. The smallest absolute Gasteiger partial charge is 0.243 e. The molecule has 0 heterocycles. The number of nitrogens with one attached hydrogen (secondary N) is 1. The van der Waals surface area contributed by atoms with Crippen molar-refractivity contribution in [2.24, 2.45) is 5.92 Å². The van der Waals surface area contributed by atoms with Crippen LogP contribution in [0.25, 0.3) is 0 Å². The first-order valence-electron chi connectivity index (χ1n) is 9.27. The quantitative estimate of drug-likeness (QED) is 0.739. The SMILES string of the molecule is Cc1ccc(S(=O)(=O)N(C)CC(=O)NC(c2ccc(Cl)cc2)C2CC2)cc1C. The van der Waals surface area contributed by atoms with E-state index in [0.717, 1.165) is 33.8 Å². The number of aryl methyl sites for hydroxylation is 2. The zero-order chi connectivity index (χ0) is 20.5. The molecule has 1 N–H and O–H groups in total. The van der Waals surface area contributed by atoms with Crippen LogP contribution in [0, 0.1) is 19.8 Å². The molecule has 0 radical (unpaired) electrons. The molecular weight excluding hydrogens is 396 g/mol. The van der Waals surface area contributed by atoms with Gasteiger partial charge in [-0.25, -0.2) is 8.42 Å². The Labute approximate surface area is 171 Å². The van der Waals surface area contributed by atoms with Crippen LogP contribution < -0.4 is 5.32 Å². The van der Waals surface area contributed by atoms with Gasteiger partial charge in [-0.3, -0.25) is 4.79 Å². The molecule has 0 spiro atoms. The van der Waals surface area contributed by atoms with Gasteiger partial charge in [-0.2, -0.15) is 4.31 Å². The number of carbonyl (C=O) groups excluding carboxylic acids is 1. The summed E-state index contributed by atoms with van der Waals surface area (Å²) < 4.78 is 26.7. The third-order valence-electron chi connectivity index (χ3n) is 5.19. The normalized spacial score (nSPS) is 15.5. The molecule has 1 aliphatic rings. The van der Waals surface area contributed by atoms with Crippen LogP contribution in [0.15, 0.2) is 47.4 Å².